The molecule has 0 aliphatic heterocycles. The van der Waals surface area contributed by atoms with Gasteiger partial charge in [-0.1, -0.05) is 206 Å². The number of hydrogen-bond donors (Lipinski definition) is 0. The van der Waals surface area contributed by atoms with Crippen LogP contribution in [0.15, 0.2) is 237 Å². The van der Waals surface area contributed by atoms with Crippen molar-refractivity contribution in [2.75, 3.05) is 4.90 Å². The lowest BCUT2D eigenvalue weighted by molar-refractivity contribution is 1.28. The average molecular weight is 726 g/mol. The molecule has 57 heavy (non-hydrogen) atoms. The Labute approximate surface area is 334 Å². The predicted molar refractivity (Wildman–Crippen MR) is 243 cm³/mol. The van der Waals surface area contributed by atoms with Crippen LogP contribution in [0.3, 0.4) is 0 Å². The van der Waals surface area contributed by atoms with Crippen molar-refractivity contribution in [3.05, 3.63) is 237 Å². The summed E-state index contributed by atoms with van der Waals surface area (Å²) in [6.45, 7) is 0. The van der Waals surface area contributed by atoms with Crippen LogP contribution < -0.4 is 4.90 Å². The third kappa shape index (κ3) is 6.66. The Morgan fingerprint density at radius 2 is 0.596 bits per heavy atom. The molecule has 0 aliphatic rings. The summed E-state index contributed by atoms with van der Waals surface area (Å²) in [7, 11) is 0. The van der Waals surface area contributed by atoms with Crippen LogP contribution in [0.5, 0.6) is 0 Å². The fraction of sp³-hybridized carbons (Fsp3) is 0. The van der Waals surface area contributed by atoms with Crippen LogP contribution in [0.25, 0.3) is 77.2 Å². The summed E-state index contributed by atoms with van der Waals surface area (Å²) in [5.74, 6) is 0. The van der Waals surface area contributed by atoms with Crippen molar-refractivity contribution >= 4 is 38.6 Å². The van der Waals surface area contributed by atoms with E-state index in [-0.39, 0.29) is 0 Å². The average Bonchev–Trinajstić information content (AvgIpc) is 3.30. The normalized spacial score (nSPS) is 11.2. The first-order chi connectivity index (χ1) is 28.3. The zero-order valence-corrected chi connectivity index (χ0v) is 31.5. The van der Waals surface area contributed by atoms with Gasteiger partial charge in [-0.25, -0.2) is 0 Å². The second kappa shape index (κ2) is 15.0. The SMILES string of the molecule is c1ccc(-c2ccc(-c3ccc(N(c4ccc(-c5cccc6ccccc56)cc4)c4cc(-c5cccc6ccccc56)ccc4-c4ccccc4)cc3)cc2)cc1. The van der Waals surface area contributed by atoms with Crippen LogP contribution in [-0.4, -0.2) is 0 Å². The minimum Gasteiger partial charge on any atom is -0.310 e. The Morgan fingerprint density at radius 3 is 1.14 bits per heavy atom. The van der Waals surface area contributed by atoms with E-state index in [0.29, 0.717) is 0 Å². The second-order valence-electron chi connectivity index (χ2n) is 14.5. The smallest absolute Gasteiger partial charge is 0.0546 e. The van der Waals surface area contributed by atoms with Crippen molar-refractivity contribution in [3.63, 3.8) is 0 Å². The molecule has 0 bridgehead atoms. The predicted octanol–water partition coefficient (Wildman–Crippen LogP) is 15.8. The Kier molecular flexibility index (Phi) is 8.95. The molecule has 0 heterocycles. The molecule has 0 atom stereocenters. The zero-order chi connectivity index (χ0) is 38.0. The molecule has 268 valence electrons. The molecular weight excluding hydrogens is 687 g/mol. The van der Waals surface area contributed by atoms with Crippen molar-refractivity contribution < 1.29 is 0 Å². The van der Waals surface area contributed by atoms with E-state index in [1.807, 2.05) is 0 Å². The lowest BCUT2D eigenvalue weighted by Gasteiger charge is -2.29. The minimum atomic E-state index is 1.09. The fourth-order valence-electron chi connectivity index (χ4n) is 8.21. The molecule has 0 unspecified atom stereocenters. The summed E-state index contributed by atoms with van der Waals surface area (Å²) in [5, 5.41) is 4.98. The second-order valence-corrected chi connectivity index (χ2v) is 14.5. The van der Waals surface area contributed by atoms with Gasteiger partial charge in [0.1, 0.15) is 0 Å². The van der Waals surface area contributed by atoms with Gasteiger partial charge in [0.05, 0.1) is 5.69 Å². The summed E-state index contributed by atoms with van der Waals surface area (Å²) in [4.78, 5) is 2.42. The van der Waals surface area contributed by atoms with Crippen molar-refractivity contribution in [1.82, 2.24) is 0 Å². The van der Waals surface area contributed by atoms with E-state index in [4.69, 9.17) is 0 Å². The van der Waals surface area contributed by atoms with E-state index in [9.17, 15) is 0 Å². The maximum atomic E-state index is 2.42. The van der Waals surface area contributed by atoms with Crippen LogP contribution >= 0.6 is 0 Å². The Hall–Kier alpha value is -7.48. The molecule has 0 spiro atoms. The Bertz CT molecular complexity index is 2950. The number of benzene rings is 10. The molecule has 0 saturated heterocycles. The first kappa shape index (κ1) is 34.0. The Balaban J connectivity index is 1.12. The van der Waals surface area contributed by atoms with Gasteiger partial charge in [-0.15, -0.1) is 0 Å². The molecule has 10 aromatic rings. The molecule has 1 nitrogen and oxygen atoms in total. The van der Waals surface area contributed by atoms with E-state index >= 15 is 0 Å². The largest absolute Gasteiger partial charge is 0.310 e. The number of hydrogen-bond acceptors (Lipinski definition) is 1. The molecule has 0 N–H and O–H groups in total. The van der Waals surface area contributed by atoms with E-state index in [0.717, 1.165) is 17.1 Å². The van der Waals surface area contributed by atoms with E-state index in [1.54, 1.807) is 0 Å². The monoisotopic (exact) mass is 725 g/mol. The van der Waals surface area contributed by atoms with Crippen LogP contribution in [-0.2, 0) is 0 Å². The highest BCUT2D eigenvalue weighted by molar-refractivity contribution is 6.00. The third-order valence-corrected chi connectivity index (χ3v) is 11.1. The van der Waals surface area contributed by atoms with E-state index < -0.39 is 0 Å². The molecule has 0 fully saturated rings. The van der Waals surface area contributed by atoms with Crippen LogP contribution in [0.2, 0.25) is 0 Å². The summed E-state index contributed by atoms with van der Waals surface area (Å²) in [5.41, 5.74) is 15.3. The molecule has 0 saturated carbocycles. The van der Waals surface area contributed by atoms with Gasteiger partial charge in [0, 0.05) is 16.9 Å². The first-order valence-electron chi connectivity index (χ1n) is 19.6. The lowest BCUT2D eigenvalue weighted by atomic mass is 9.93. The molecule has 0 radical (unpaired) electrons. The lowest BCUT2D eigenvalue weighted by Crippen LogP contribution is -2.11. The number of rotatable bonds is 8. The quantitative estimate of drug-likeness (QED) is 0.151. The highest BCUT2D eigenvalue weighted by Gasteiger charge is 2.20. The van der Waals surface area contributed by atoms with Crippen LogP contribution in [0.1, 0.15) is 0 Å². The van der Waals surface area contributed by atoms with Gasteiger partial charge >= 0.3 is 0 Å². The summed E-state index contributed by atoms with van der Waals surface area (Å²) in [6.07, 6.45) is 0. The van der Waals surface area contributed by atoms with E-state index in [1.165, 1.54) is 77.2 Å². The molecule has 0 aromatic heterocycles. The van der Waals surface area contributed by atoms with Crippen LogP contribution in [0, 0.1) is 0 Å². The van der Waals surface area contributed by atoms with Gasteiger partial charge in [0.15, 0.2) is 0 Å². The maximum absolute atomic E-state index is 2.42. The van der Waals surface area contributed by atoms with Crippen molar-refractivity contribution in [2.45, 2.75) is 0 Å². The highest BCUT2D eigenvalue weighted by Crippen LogP contribution is 2.45. The van der Waals surface area contributed by atoms with Crippen molar-refractivity contribution in [3.8, 4) is 55.6 Å². The number of anilines is 3. The summed E-state index contributed by atoms with van der Waals surface area (Å²) >= 11 is 0. The van der Waals surface area contributed by atoms with Crippen molar-refractivity contribution in [2.24, 2.45) is 0 Å². The maximum Gasteiger partial charge on any atom is 0.0546 e. The van der Waals surface area contributed by atoms with Gasteiger partial charge in [0.25, 0.3) is 0 Å². The van der Waals surface area contributed by atoms with Gasteiger partial charge in [-0.05, 0) is 102 Å². The molecule has 0 aliphatic carbocycles. The topological polar surface area (TPSA) is 3.24 Å². The van der Waals surface area contributed by atoms with E-state index in [2.05, 4.69) is 241 Å². The summed E-state index contributed by atoms with van der Waals surface area (Å²) < 4.78 is 0. The van der Waals surface area contributed by atoms with Gasteiger partial charge < -0.3 is 4.90 Å². The van der Waals surface area contributed by atoms with Crippen LogP contribution in [0.4, 0.5) is 17.1 Å². The Morgan fingerprint density at radius 1 is 0.228 bits per heavy atom. The summed E-state index contributed by atoms with van der Waals surface area (Å²) in [6, 6.07) is 85.7. The number of fused-ring (bicyclic) bond motifs is 2. The zero-order valence-electron chi connectivity index (χ0n) is 31.5. The van der Waals surface area contributed by atoms with Crippen molar-refractivity contribution in [1.29, 1.82) is 0 Å². The number of nitrogens with zero attached hydrogens (tertiary/aromatic N) is 1. The molecule has 10 aromatic carbocycles. The third-order valence-electron chi connectivity index (χ3n) is 11.1. The molecule has 10 rings (SSSR count). The minimum absolute atomic E-state index is 1.09. The molecule has 1 heteroatoms. The first-order valence-corrected chi connectivity index (χ1v) is 19.6. The molecule has 0 amide bonds. The van der Waals surface area contributed by atoms with Gasteiger partial charge in [-0.2, -0.15) is 0 Å². The highest BCUT2D eigenvalue weighted by atomic mass is 15.1. The standard InChI is InChI=1S/C56H39N/c1-3-13-40(14-4-1)41-25-27-42(28-26-41)43-29-34-49(35-30-43)57(50-36-31-47(32-37-50)53-23-11-19-44-17-7-9-21-51(44)53)56-39-48(33-38-55(56)46-15-5-2-6-16-46)54-24-12-20-45-18-8-10-22-52(45)54/h1-39H. The van der Waals surface area contributed by atoms with Gasteiger partial charge in [0.2, 0.25) is 0 Å². The fourth-order valence-corrected chi connectivity index (χ4v) is 8.21. The van der Waals surface area contributed by atoms with Gasteiger partial charge in [-0.3, -0.25) is 0 Å². The molecular formula is C56H39N.